The molecule has 1 spiro atoms. The maximum absolute atomic E-state index is 13.2. The van der Waals surface area contributed by atoms with Crippen molar-refractivity contribution in [2.45, 2.75) is 76.7 Å². The predicted molar refractivity (Wildman–Crippen MR) is 90.5 cm³/mol. The van der Waals surface area contributed by atoms with E-state index in [1.165, 1.54) is 16.7 Å². The van der Waals surface area contributed by atoms with Crippen LogP contribution in [0.15, 0.2) is 0 Å². The standard InChI is InChI=1S/C17H29N3O5/c1-11(21)12(13(18)22)19-10-8-17(14(19)23)7-5-6-9-20(17)15(24)25-16(2,3)4/h11-12,21H,5-10H2,1-4H3,(H2,18,22)/t11-,12+,17-/m1/s1. The van der Waals surface area contributed by atoms with Gasteiger partial charge in [-0.3, -0.25) is 14.5 Å². The van der Waals surface area contributed by atoms with Gasteiger partial charge in [-0.2, -0.15) is 0 Å². The molecule has 8 heteroatoms. The maximum Gasteiger partial charge on any atom is 0.411 e. The number of aliphatic hydroxyl groups is 1. The number of carbonyl (C=O) groups is 3. The van der Waals surface area contributed by atoms with Crippen molar-refractivity contribution < 1.29 is 24.2 Å². The van der Waals surface area contributed by atoms with Gasteiger partial charge in [0, 0.05) is 13.1 Å². The average molecular weight is 355 g/mol. The lowest BCUT2D eigenvalue weighted by molar-refractivity contribution is -0.147. The van der Waals surface area contributed by atoms with Crippen LogP contribution in [0.4, 0.5) is 4.79 Å². The Morgan fingerprint density at radius 3 is 2.40 bits per heavy atom. The van der Waals surface area contributed by atoms with E-state index in [1.807, 2.05) is 0 Å². The van der Waals surface area contributed by atoms with Gasteiger partial charge in [-0.05, 0) is 53.4 Å². The second kappa shape index (κ2) is 6.82. The fourth-order valence-electron chi connectivity index (χ4n) is 3.80. The van der Waals surface area contributed by atoms with Gasteiger partial charge in [-0.1, -0.05) is 0 Å². The van der Waals surface area contributed by atoms with Crippen molar-refractivity contribution in [3.8, 4) is 0 Å². The first-order chi connectivity index (χ1) is 11.5. The molecule has 0 radical (unpaired) electrons. The third kappa shape index (κ3) is 3.73. The first kappa shape index (κ1) is 19.5. The molecule has 8 nitrogen and oxygen atoms in total. The predicted octanol–water partition coefficient (Wildman–Crippen LogP) is 0.613. The first-order valence-electron chi connectivity index (χ1n) is 8.79. The lowest BCUT2D eigenvalue weighted by atomic mass is 9.85. The smallest absolute Gasteiger partial charge is 0.411 e. The number of nitrogens with zero attached hydrogens (tertiary/aromatic N) is 2. The Morgan fingerprint density at radius 1 is 1.24 bits per heavy atom. The summed E-state index contributed by atoms with van der Waals surface area (Å²) in [7, 11) is 0. The van der Waals surface area contributed by atoms with Crippen molar-refractivity contribution in [3.05, 3.63) is 0 Å². The van der Waals surface area contributed by atoms with Gasteiger partial charge in [0.05, 0.1) is 6.10 Å². The molecule has 3 amide bonds. The highest BCUT2D eigenvalue weighted by molar-refractivity contribution is 5.95. The molecule has 2 fully saturated rings. The molecule has 2 heterocycles. The number of aliphatic hydroxyl groups excluding tert-OH is 1. The van der Waals surface area contributed by atoms with Gasteiger partial charge in [0.15, 0.2) is 0 Å². The van der Waals surface area contributed by atoms with E-state index in [0.29, 0.717) is 19.4 Å². The molecule has 0 aliphatic carbocycles. The summed E-state index contributed by atoms with van der Waals surface area (Å²) in [6.07, 6.45) is 0.943. The molecule has 0 aromatic rings. The molecule has 25 heavy (non-hydrogen) atoms. The average Bonchev–Trinajstić information content (AvgIpc) is 2.76. The summed E-state index contributed by atoms with van der Waals surface area (Å²) in [5.41, 5.74) is 3.71. The Labute approximate surface area is 148 Å². The van der Waals surface area contributed by atoms with Crippen molar-refractivity contribution in [1.82, 2.24) is 9.80 Å². The van der Waals surface area contributed by atoms with Crippen LogP contribution in [0, 0.1) is 0 Å². The van der Waals surface area contributed by atoms with Crippen molar-refractivity contribution in [2.75, 3.05) is 13.1 Å². The summed E-state index contributed by atoms with van der Waals surface area (Å²) < 4.78 is 5.48. The molecule has 0 aromatic heterocycles. The van der Waals surface area contributed by atoms with Crippen molar-refractivity contribution in [1.29, 1.82) is 0 Å². The van der Waals surface area contributed by atoms with Gasteiger partial charge in [-0.15, -0.1) is 0 Å². The van der Waals surface area contributed by atoms with Crippen molar-refractivity contribution in [3.63, 3.8) is 0 Å². The number of hydrogen-bond acceptors (Lipinski definition) is 5. The molecule has 2 aliphatic heterocycles. The number of rotatable bonds is 3. The highest BCUT2D eigenvalue weighted by atomic mass is 16.6. The van der Waals surface area contributed by atoms with E-state index in [1.54, 1.807) is 20.8 Å². The summed E-state index contributed by atoms with van der Waals surface area (Å²) in [5.74, 6) is -1.08. The summed E-state index contributed by atoms with van der Waals surface area (Å²) >= 11 is 0. The Bertz CT molecular complexity index is 557. The van der Waals surface area contributed by atoms with Crippen LogP contribution in [0.5, 0.6) is 0 Å². The molecular weight excluding hydrogens is 326 g/mol. The van der Waals surface area contributed by atoms with Gasteiger partial charge >= 0.3 is 6.09 Å². The quantitative estimate of drug-likeness (QED) is 0.770. The number of hydrogen-bond donors (Lipinski definition) is 2. The molecular formula is C17H29N3O5. The zero-order chi connectivity index (χ0) is 19.0. The Hall–Kier alpha value is -1.83. The highest BCUT2D eigenvalue weighted by Gasteiger charge is 2.56. The molecule has 2 saturated heterocycles. The SMILES string of the molecule is C[C@@H](O)[C@@H](C(N)=O)N1CC[C@]2(CCCCN2C(=O)OC(C)(C)C)C1=O. The zero-order valence-corrected chi connectivity index (χ0v) is 15.4. The molecule has 3 atom stereocenters. The Balaban J connectivity index is 2.30. The Kier molecular flexibility index (Phi) is 5.32. The summed E-state index contributed by atoms with van der Waals surface area (Å²) in [6, 6.07) is -1.09. The van der Waals surface area contributed by atoms with Crippen LogP contribution in [0.3, 0.4) is 0 Å². The fraction of sp³-hybridized carbons (Fsp3) is 0.824. The van der Waals surface area contributed by atoms with Crippen LogP contribution in [0.1, 0.15) is 53.4 Å². The fourth-order valence-corrected chi connectivity index (χ4v) is 3.80. The number of piperidine rings is 1. The number of likely N-dealkylation sites (tertiary alicyclic amines) is 2. The summed E-state index contributed by atoms with van der Waals surface area (Å²) in [5, 5.41) is 9.88. The molecule has 2 aliphatic rings. The summed E-state index contributed by atoms with van der Waals surface area (Å²) in [6.45, 7) is 7.48. The Morgan fingerprint density at radius 2 is 1.88 bits per heavy atom. The van der Waals surface area contributed by atoms with E-state index in [0.717, 1.165) is 12.8 Å². The van der Waals surface area contributed by atoms with Gasteiger partial charge in [0.1, 0.15) is 17.2 Å². The maximum atomic E-state index is 13.2. The van der Waals surface area contributed by atoms with Gasteiger partial charge < -0.3 is 20.5 Å². The monoisotopic (exact) mass is 355 g/mol. The van der Waals surface area contributed by atoms with Crippen LogP contribution in [0.25, 0.3) is 0 Å². The third-order valence-electron chi connectivity index (χ3n) is 4.86. The van der Waals surface area contributed by atoms with E-state index >= 15 is 0 Å². The van der Waals surface area contributed by atoms with Crippen LogP contribution < -0.4 is 5.73 Å². The van der Waals surface area contributed by atoms with E-state index < -0.39 is 35.3 Å². The third-order valence-corrected chi connectivity index (χ3v) is 4.86. The number of ether oxygens (including phenoxy) is 1. The van der Waals surface area contributed by atoms with Crippen molar-refractivity contribution in [2.24, 2.45) is 5.73 Å². The number of primary amides is 1. The minimum atomic E-state index is -1.09. The lowest BCUT2D eigenvalue weighted by Gasteiger charge is -2.43. The molecule has 3 N–H and O–H groups in total. The van der Waals surface area contributed by atoms with E-state index in [9.17, 15) is 19.5 Å². The highest BCUT2D eigenvalue weighted by Crippen LogP contribution is 2.39. The number of amides is 3. The largest absolute Gasteiger partial charge is 0.444 e. The van der Waals surface area contributed by atoms with Crippen molar-refractivity contribution >= 4 is 17.9 Å². The van der Waals surface area contributed by atoms with Crippen LogP contribution in [-0.4, -0.2) is 69.2 Å². The van der Waals surface area contributed by atoms with Gasteiger partial charge in [-0.25, -0.2) is 4.79 Å². The van der Waals surface area contributed by atoms with Crippen LogP contribution in [0.2, 0.25) is 0 Å². The molecule has 2 rings (SSSR count). The summed E-state index contributed by atoms with van der Waals surface area (Å²) in [4.78, 5) is 40.4. The van der Waals surface area contributed by atoms with E-state index in [-0.39, 0.29) is 12.5 Å². The second-order valence-electron chi connectivity index (χ2n) is 7.96. The minimum absolute atomic E-state index is 0.274. The molecule has 142 valence electrons. The van der Waals surface area contributed by atoms with E-state index in [4.69, 9.17) is 10.5 Å². The van der Waals surface area contributed by atoms with Crippen LogP contribution in [-0.2, 0) is 14.3 Å². The van der Waals surface area contributed by atoms with Gasteiger partial charge in [0.2, 0.25) is 11.8 Å². The first-order valence-corrected chi connectivity index (χ1v) is 8.79. The number of nitrogens with two attached hydrogens (primary N) is 1. The molecule has 0 unspecified atom stereocenters. The minimum Gasteiger partial charge on any atom is -0.444 e. The second-order valence-corrected chi connectivity index (χ2v) is 7.96. The lowest BCUT2D eigenvalue weighted by Crippen LogP contribution is -2.62. The zero-order valence-electron chi connectivity index (χ0n) is 15.4. The topological polar surface area (TPSA) is 113 Å². The van der Waals surface area contributed by atoms with Gasteiger partial charge in [0.25, 0.3) is 0 Å². The normalized spacial score (nSPS) is 26.7. The molecule has 0 bridgehead atoms. The molecule has 0 saturated carbocycles. The van der Waals surface area contributed by atoms with Crippen LogP contribution >= 0.6 is 0 Å². The van der Waals surface area contributed by atoms with E-state index in [2.05, 4.69) is 0 Å². The molecule has 0 aromatic carbocycles. The number of carbonyl (C=O) groups excluding carboxylic acids is 3.